The van der Waals surface area contributed by atoms with E-state index >= 15 is 0 Å². The van der Waals surface area contributed by atoms with Crippen LogP contribution in [0.3, 0.4) is 0 Å². The maximum atomic E-state index is 13.1. The standard InChI is InChI=1S/C19H24FN3O2/c1-2-5-18(24)16-11-23(17-7-4-3-6-15(16)17)12-19(25)22-10-14-8-13(20)9-21-14/h3-4,6-7,11,13-14,21H,2,5,8-10,12H2,1H3,(H,22,25)/t13-,14-/m0/s1. The van der Waals surface area contributed by atoms with Crippen molar-refractivity contribution in [2.24, 2.45) is 0 Å². The van der Waals surface area contributed by atoms with Gasteiger partial charge in [-0.1, -0.05) is 25.1 Å². The number of hydrogen-bond donors (Lipinski definition) is 2. The molecule has 1 fully saturated rings. The number of carbonyl (C=O) groups excluding carboxylic acids is 2. The van der Waals surface area contributed by atoms with E-state index in [-0.39, 0.29) is 24.3 Å². The zero-order chi connectivity index (χ0) is 17.8. The Kier molecular flexibility index (Phi) is 5.48. The molecule has 2 heterocycles. The zero-order valence-electron chi connectivity index (χ0n) is 14.4. The fourth-order valence-corrected chi connectivity index (χ4v) is 3.33. The molecular formula is C19H24FN3O2. The van der Waals surface area contributed by atoms with Gasteiger partial charge in [-0.25, -0.2) is 4.39 Å². The molecule has 0 saturated carbocycles. The molecule has 3 rings (SSSR count). The van der Waals surface area contributed by atoms with E-state index in [0.29, 0.717) is 31.5 Å². The molecule has 1 saturated heterocycles. The molecule has 0 aliphatic carbocycles. The fraction of sp³-hybridized carbons (Fsp3) is 0.474. The lowest BCUT2D eigenvalue weighted by molar-refractivity contribution is -0.121. The normalized spacial score (nSPS) is 20.1. The van der Waals surface area contributed by atoms with Crippen molar-refractivity contribution < 1.29 is 14.0 Å². The first kappa shape index (κ1) is 17.6. The van der Waals surface area contributed by atoms with E-state index in [9.17, 15) is 14.0 Å². The average Bonchev–Trinajstić information content (AvgIpc) is 3.17. The van der Waals surface area contributed by atoms with E-state index in [2.05, 4.69) is 10.6 Å². The average molecular weight is 345 g/mol. The highest BCUT2D eigenvalue weighted by Crippen LogP contribution is 2.23. The van der Waals surface area contributed by atoms with Crippen molar-refractivity contribution in [3.8, 4) is 0 Å². The van der Waals surface area contributed by atoms with Crippen LogP contribution >= 0.6 is 0 Å². The minimum Gasteiger partial charge on any atom is -0.353 e. The smallest absolute Gasteiger partial charge is 0.239 e. The number of aromatic nitrogens is 1. The predicted octanol–water partition coefficient (Wildman–Crippen LogP) is 2.44. The molecule has 2 atom stereocenters. The van der Waals surface area contributed by atoms with Gasteiger partial charge in [0.15, 0.2) is 5.78 Å². The number of para-hydroxylation sites is 1. The molecule has 134 valence electrons. The second-order valence-electron chi connectivity index (χ2n) is 6.60. The lowest BCUT2D eigenvalue weighted by atomic mass is 10.1. The van der Waals surface area contributed by atoms with Crippen LogP contribution in [0.25, 0.3) is 10.9 Å². The number of ketones is 1. The second kappa shape index (κ2) is 7.78. The van der Waals surface area contributed by atoms with E-state index in [4.69, 9.17) is 0 Å². The van der Waals surface area contributed by atoms with Crippen LogP contribution in [0.2, 0.25) is 0 Å². The Morgan fingerprint density at radius 3 is 2.88 bits per heavy atom. The Hall–Kier alpha value is -2.21. The third kappa shape index (κ3) is 4.07. The predicted molar refractivity (Wildman–Crippen MR) is 95.5 cm³/mol. The summed E-state index contributed by atoms with van der Waals surface area (Å²) in [7, 11) is 0. The summed E-state index contributed by atoms with van der Waals surface area (Å²) < 4.78 is 15.0. The van der Waals surface area contributed by atoms with Crippen LogP contribution in [0.4, 0.5) is 4.39 Å². The first-order chi connectivity index (χ1) is 12.1. The number of alkyl halides is 1. The zero-order valence-corrected chi connectivity index (χ0v) is 14.4. The highest BCUT2D eigenvalue weighted by Gasteiger charge is 2.23. The van der Waals surface area contributed by atoms with E-state index in [0.717, 1.165) is 17.3 Å². The summed E-state index contributed by atoms with van der Waals surface area (Å²) in [6.45, 7) is 2.89. The van der Waals surface area contributed by atoms with Crippen LogP contribution < -0.4 is 10.6 Å². The van der Waals surface area contributed by atoms with Gasteiger partial charge in [-0.3, -0.25) is 9.59 Å². The van der Waals surface area contributed by atoms with Gasteiger partial charge in [-0.15, -0.1) is 0 Å². The molecule has 2 N–H and O–H groups in total. The number of amides is 1. The van der Waals surface area contributed by atoms with Crippen molar-refractivity contribution in [1.29, 1.82) is 0 Å². The van der Waals surface area contributed by atoms with Gasteiger partial charge in [0.2, 0.25) is 5.91 Å². The summed E-state index contributed by atoms with van der Waals surface area (Å²) in [6, 6.07) is 7.61. The Balaban J connectivity index is 1.70. The molecule has 25 heavy (non-hydrogen) atoms. The molecule has 6 heteroatoms. The quantitative estimate of drug-likeness (QED) is 0.758. The van der Waals surface area contributed by atoms with Crippen molar-refractivity contribution in [2.75, 3.05) is 13.1 Å². The fourth-order valence-electron chi connectivity index (χ4n) is 3.33. The van der Waals surface area contributed by atoms with Crippen LogP contribution in [0.5, 0.6) is 0 Å². The number of nitrogens with zero attached hydrogens (tertiary/aromatic N) is 1. The molecule has 0 bridgehead atoms. The van der Waals surface area contributed by atoms with Crippen molar-refractivity contribution in [3.05, 3.63) is 36.0 Å². The molecule has 0 radical (unpaired) electrons. The van der Waals surface area contributed by atoms with E-state index in [1.54, 1.807) is 6.20 Å². The minimum atomic E-state index is -0.831. The van der Waals surface area contributed by atoms with Gasteiger partial charge in [0.25, 0.3) is 0 Å². The molecule has 0 unspecified atom stereocenters. The van der Waals surface area contributed by atoms with Gasteiger partial charge in [-0.05, 0) is 18.9 Å². The largest absolute Gasteiger partial charge is 0.353 e. The number of fused-ring (bicyclic) bond motifs is 1. The van der Waals surface area contributed by atoms with Crippen molar-refractivity contribution in [3.63, 3.8) is 0 Å². The van der Waals surface area contributed by atoms with E-state index < -0.39 is 6.17 Å². The summed E-state index contributed by atoms with van der Waals surface area (Å²) in [5, 5.41) is 6.78. The molecule has 1 aromatic carbocycles. The van der Waals surface area contributed by atoms with E-state index in [1.807, 2.05) is 35.8 Å². The Bertz CT molecular complexity index is 771. The minimum absolute atomic E-state index is 0.0120. The number of carbonyl (C=O) groups is 2. The third-order valence-electron chi connectivity index (χ3n) is 4.59. The number of Topliss-reactive ketones (excluding diaryl/α,β-unsaturated/α-hetero) is 1. The highest BCUT2D eigenvalue weighted by molar-refractivity contribution is 6.08. The molecule has 1 amide bonds. The Labute approximate surface area is 146 Å². The lowest BCUT2D eigenvalue weighted by Crippen LogP contribution is -2.38. The molecule has 1 aliphatic heterocycles. The Morgan fingerprint density at radius 2 is 2.16 bits per heavy atom. The number of nitrogens with one attached hydrogen (secondary N) is 2. The van der Waals surface area contributed by atoms with Gasteiger partial charge in [0.05, 0.1) is 0 Å². The van der Waals surface area contributed by atoms with Gasteiger partial charge in [0.1, 0.15) is 12.7 Å². The molecular weight excluding hydrogens is 321 g/mol. The summed E-state index contributed by atoms with van der Waals surface area (Å²) in [6.07, 6.45) is 2.67. The van der Waals surface area contributed by atoms with Gasteiger partial charge < -0.3 is 15.2 Å². The number of hydrogen-bond acceptors (Lipinski definition) is 3. The number of rotatable bonds is 7. The van der Waals surface area contributed by atoms with Crippen LogP contribution in [0.15, 0.2) is 30.5 Å². The monoisotopic (exact) mass is 345 g/mol. The van der Waals surface area contributed by atoms with Crippen LogP contribution in [-0.2, 0) is 11.3 Å². The molecule has 1 aromatic heterocycles. The lowest BCUT2D eigenvalue weighted by Gasteiger charge is -2.12. The van der Waals surface area contributed by atoms with E-state index in [1.165, 1.54) is 0 Å². The SMILES string of the molecule is CCCC(=O)c1cn(CC(=O)NC[C@@H]2C[C@H](F)CN2)c2ccccc12. The highest BCUT2D eigenvalue weighted by atomic mass is 19.1. The van der Waals surface area contributed by atoms with Crippen LogP contribution in [-0.4, -0.2) is 41.6 Å². The summed E-state index contributed by atoms with van der Waals surface area (Å²) in [5.74, 6) is -0.0404. The summed E-state index contributed by atoms with van der Waals surface area (Å²) >= 11 is 0. The molecule has 0 spiro atoms. The van der Waals surface area contributed by atoms with Crippen LogP contribution in [0.1, 0.15) is 36.5 Å². The molecule has 1 aliphatic rings. The molecule has 5 nitrogen and oxygen atoms in total. The van der Waals surface area contributed by atoms with Gasteiger partial charge >= 0.3 is 0 Å². The second-order valence-corrected chi connectivity index (χ2v) is 6.60. The van der Waals surface area contributed by atoms with Crippen LogP contribution in [0, 0.1) is 0 Å². The molecule has 2 aromatic rings. The first-order valence-electron chi connectivity index (χ1n) is 8.83. The number of benzene rings is 1. The van der Waals surface area contributed by atoms with Gasteiger partial charge in [-0.2, -0.15) is 0 Å². The topological polar surface area (TPSA) is 63.1 Å². The van der Waals surface area contributed by atoms with Crippen molar-refractivity contribution >= 4 is 22.6 Å². The van der Waals surface area contributed by atoms with Gasteiger partial charge in [0, 0.05) is 48.2 Å². The summed E-state index contributed by atoms with van der Waals surface area (Å²) in [4.78, 5) is 24.6. The van der Waals surface area contributed by atoms with Crippen molar-refractivity contribution in [2.45, 2.75) is 44.9 Å². The maximum absolute atomic E-state index is 13.1. The Morgan fingerprint density at radius 1 is 1.36 bits per heavy atom. The maximum Gasteiger partial charge on any atom is 0.239 e. The van der Waals surface area contributed by atoms with Crippen molar-refractivity contribution in [1.82, 2.24) is 15.2 Å². The number of halogens is 1. The first-order valence-corrected chi connectivity index (χ1v) is 8.83. The third-order valence-corrected chi connectivity index (χ3v) is 4.59. The summed E-state index contributed by atoms with van der Waals surface area (Å²) in [5.41, 5.74) is 1.54.